The highest BCUT2D eigenvalue weighted by molar-refractivity contribution is 5.66. The fourth-order valence-corrected chi connectivity index (χ4v) is 0.401. The maximum Gasteiger partial charge on any atom is 0.309 e. The molecule has 0 aromatic heterocycles. The SMILES string of the molecule is CC=[N+](C)CCC(=O)O. The number of rotatable bonds is 3. The van der Waals surface area contributed by atoms with Gasteiger partial charge in [-0.05, 0) is 0 Å². The first-order chi connectivity index (χ1) is 4.16. The van der Waals surface area contributed by atoms with Crippen molar-refractivity contribution in [2.45, 2.75) is 13.3 Å². The van der Waals surface area contributed by atoms with Crippen LogP contribution < -0.4 is 0 Å². The molecule has 1 N–H and O–H groups in total. The molecule has 0 unspecified atom stereocenters. The minimum absolute atomic E-state index is 0.209. The van der Waals surface area contributed by atoms with E-state index in [4.69, 9.17) is 5.11 Å². The van der Waals surface area contributed by atoms with Crippen molar-refractivity contribution in [3.8, 4) is 0 Å². The summed E-state index contributed by atoms with van der Waals surface area (Å²) in [6, 6.07) is 0. The highest BCUT2D eigenvalue weighted by Gasteiger charge is 1.99. The molecule has 0 aliphatic heterocycles. The van der Waals surface area contributed by atoms with Gasteiger partial charge in [0.2, 0.25) is 0 Å². The fraction of sp³-hybridized carbons (Fsp3) is 0.667. The van der Waals surface area contributed by atoms with Crippen LogP contribution in [0.5, 0.6) is 0 Å². The number of carbonyl (C=O) groups is 1. The van der Waals surface area contributed by atoms with E-state index in [1.807, 2.05) is 24.8 Å². The second-order valence-corrected chi connectivity index (χ2v) is 1.88. The zero-order valence-corrected chi connectivity index (χ0v) is 5.79. The molecule has 52 valence electrons. The second kappa shape index (κ2) is 4.06. The predicted octanol–water partition coefficient (Wildman–Crippen LogP) is 0.194. The van der Waals surface area contributed by atoms with Crippen LogP contribution in [-0.2, 0) is 4.79 Å². The molecule has 0 aromatic rings. The summed E-state index contributed by atoms with van der Waals surface area (Å²) in [4.78, 5) is 9.98. The van der Waals surface area contributed by atoms with Crippen molar-refractivity contribution in [1.29, 1.82) is 0 Å². The summed E-state index contributed by atoms with van der Waals surface area (Å²) in [5, 5.41) is 8.22. The Balaban J connectivity index is 3.39. The van der Waals surface area contributed by atoms with Gasteiger partial charge in [0.25, 0.3) is 0 Å². The monoisotopic (exact) mass is 130 g/mol. The fourth-order valence-electron chi connectivity index (χ4n) is 0.401. The van der Waals surface area contributed by atoms with Crippen LogP contribution in [0, 0.1) is 0 Å². The van der Waals surface area contributed by atoms with E-state index in [0.29, 0.717) is 6.54 Å². The first-order valence-corrected chi connectivity index (χ1v) is 2.88. The Labute approximate surface area is 54.6 Å². The zero-order valence-electron chi connectivity index (χ0n) is 5.79. The molecule has 0 aliphatic carbocycles. The van der Waals surface area contributed by atoms with Gasteiger partial charge in [-0.3, -0.25) is 4.79 Å². The van der Waals surface area contributed by atoms with Gasteiger partial charge in [0.15, 0.2) is 6.54 Å². The Hall–Kier alpha value is -0.860. The quantitative estimate of drug-likeness (QED) is 0.437. The Bertz CT molecular complexity index is 129. The van der Waals surface area contributed by atoms with E-state index in [2.05, 4.69) is 0 Å². The Kier molecular flexibility index (Phi) is 3.67. The topological polar surface area (TPSA) is 40.3 Å². The van der Waals surface area contributed by atoms with Crippen molar-refractivity contribution in [2.24, 2.45) is 0 Å². The first-order valence-electron chi connectivity index (χ1n) is 2.88. The molecule has 0 aliphatic rings. The molecular formula is C6H12NO2+. The highest BCUT2D eigenvalue weighted by Crippen LogP contribution is 1.77. The summed E-state index contributed by atoms with van der Waals surface area (Å²) in [7, 11) is 1.85. The minimum Gasteiger partial charge on any atom is -0.481 e. The number of carboxylic acids is 1. The molecule has 3 nitrogen and oxygen atoms in total. The summed E-state index contributed by atoms with van der Waals surface area (Å²) < 4.78 is 1.84. The van der Waals surface area contributed by atoms with Gasteiger partial charge in [-0.25, -0.2) is 4.58 Å². The van der Waals surface area contributed by atoms with E-state index < -0.39 is 5.97 Å². The standard InChI is InChI=1S/C6H11NO2/c1-3-7(2)5-4-6(8)9/h3H,4-5H2,1-2H3/p+1. The van der Waals surface area contributed by atoms with Gasteiger partial charge in [0.1, 0.15) is 19.7 Å². The van der Waals surface area contributed by atoms with Crippen molar-refractivity contribution >= 4 is 12.2 Å². The largest absolute Gasteiger partial charge is 0.481 e. The van der Waals surface area contributed by atoms with Gasteiger partial charge in [0.05, 0.1) is 0 Å². The molecule has 0 rings (SSSR count). The van der Waals surface area contributed by atoms with E-state index in [9.17, 15) is 4.79 Å². The summed E-state index contributed by atoms with van der Waals surface area (Å²) in [6.45, 7) is 2.47. The Morgan fingerprint density at radius 3 is 2.67 bits per heavy atom. The summed E-state index contributed by atoms with van der Waals surface area (Å²) >= 11 is 0. The molecule has 0 bridgehead atoms. The molecule has 0 fully saturated rings. The molecule has 0 spiro atoms. The van der Waals surface area contributed by atoms with Gasteiger partial charge < -0.3 is 5.11 Å². The van der Waals surface area contributed by atoms with E-state index >= 15 is 0 Å². The third-order valence-corrected chi connectivity index (χ3v) is 1.12. The maximum atomic E-state index is 9.98. The number of nitrogens with zero attached hydrogens (tertiary/aromatic N) is 1. The van der Waals surface area contributed by atoms with E-state index in [1.165, 1.54) is 0 Å². The lowest BCUT2D eigenvalue weighted by molar-refractivity contribution is -0.492. The van der Waals surface area contributed by atoms with E-state index in [0.717, 1.165) is 0 Å². The molecule has 0 radical (unpaired) electrons. The highest BCUT2D eigenvalue weighted by atomic mass is 16.4. The maximum absolute atomic E-state index is 9.98. The lowest BCUT2D eigenvalue weighted by Gasteiger charge is -1.90. The Morgan fingerprint density at radius 1 is 1.78 bits per heavy atom. The molecule has 9 heavy (non-hydrogen) atoms. The molecule has 0 saturated heterocycles. The summed E-state index contributed by atoms with van der Waals surface area (Å²) in [5.74, 6) is -0.747. The van der Waals surface area contributed by atoms with Crippen molar-refractivity contribution in [3.63, 3.8) is 0 Å². The Morgan fingerprint density at radius 2 is 2.33 bits per heavy atom. The number of carboxylic acid groups (broad SMARTS) is 1. The average Bonchev–Trinajstić information content (AvgIpc) is 1.83. The lowest BCUT2D eigenvalue weighted by atomic mass is 10.4. The van der Waals surface area contributed by atoms with Crippen LogP contribution in [0.2, 0.25) is 0 Å². The molecule has 0 aromatic carbocycles. The van der Waals surface area contributed by atoms with Crippen LogP contribution in [0.15, 0.2) is 0 Å². The smallest absolute Gasteiger partial charge is 0.309 e. The van der Waals surface area contributed by atoms with Gasteiger partial charge in [-0.2, -0.15) is 0 Å². The van der Waals surface area contributed by atoms with Gasteiger partial charge in [0, 0.05) is 6.92 Å². The van der Waals surface area contributed by atoms with Crippen LogP contribution in [0.25, 0.3) is 0 Å². The summed E-state index contributed by atoms with van der Waals surface area (Å²) in [6.07, 6.45) is 2.06. The van der Waals surface area contributed by atoms with E-state index in [1.54, 1.807) is 0 Å². The second-order valence-electron chi connectivity index (χ2n) is 1.88. The van der Waals surface area contributed by atoms with E-state index in [-0.39, 0.29) is 6.42 Å². The van der Waals surface area contributed by atoms with Crippen molar-refractivity contribution in [1.82, 2.24) is 0 Å². The lowest BCUT2D eigenvalue weighted by Crippen LogP contribution is -2.11. The van der Waals surface area contributed by atoms with Crippen molar-refractivity contribution in [2.75, 3.05) is 13.6 Å². The molecule has 0 amide bonds. The molecule has 3 heteroatoms. The third kappa shape index (κ3) is 5.00. The average molecular weight is 130 g/mol. The van der Waals surface area contributed by atoms with Gasteiger partial charge in [-0.1, -0.05) is 0 Å². The number of hydrogen-bond acceptors (Lipinski definition) is 1. The third-order valence-electron chi connectivity index (χ3n) is 1.12. The van der Waals surface area contributed by atoms with Crippen LogP contribution >= 0.6 is 0 Å². The van der Waals surface area contributed by atoms with Crippen LogP contribution in [-0.4, -0.2) is 35.5 Å². The van der Waals surface area contributed by atoms with Crippen LogP contribution in [0.1, 0.15) is 13.3 Å². The number of hydrogen-bond donors (Lipinski definition) is 1. The van der Waals surface area contributed by atoms with Gasteiger partial charge in [-0.15, -0.1) is 0 Å². The predicted molar refractivity (Wildman–Crippen MR) is 35.0 cm³/mol. The molecular weight excluding hydrogens is 118 g/mol. The zero-order chi connectivity index (χ0) is 7.28. The number of aliphatic carboxylic acids is 1. The molecule has 0 heterocycles. The van der Waals surface area contributed by atoms with Crippen molar-refractivity contribution < 1.29 is 14.5 Å². The minimum atomic E-state index is -0.747. The normalized spacial score (nSPS) is 11.6. The van der Waals surface area contributed by atoms with Crippen LogP contribution in [0.4, 0.5) is 0 Å². The van der Waals surface area contributed by atoms with Crippen LogP contribution in [0.3, 0.4) is 0 Å². The molecule has 0 saturated carbocycles. The van der Waals surface area contributed by atoms with Gasteiger partial charge >= 0.3 is 5.97 Å². The summed E-state index contributed by atoms with van der Waals surface area (Å²) in [5.41, 5.74) is 0. The first kappa shape index (κ1) is 8.14. The molecule has 0 atom stereocenters. The van der Waals surface area contributed by atoms with Crippen molar-refractivity contribution in [3.05, 3.63) is 0 Å².